The fraction of sp³-hybridized carbons (Fsp3) is 0.462. The summed E-state index contributed by atoms with van der Waals surface area (Å²) >= 11 is 0. The molecule has 2 heterocycles. The Morgan fingerprint density at radius 1 is 1.28 bits per heavy atom. The van der Waals surface area contributed by atoms with Gasteiger partial charge in [-0.3, -0.25) is 9.97 Å². The van der Waals surface area contributed by atoms with Gasteiger partial charge in [0.05, 0.1) is 11.7 Å². The number of hydrogen-bond acceptors (Lipinski definition) is 4. The van der Waals surface area contributed by atoms with Crippen LogP contribution in [0.1, 0.15) is 30.9 Å². The van der Waals surface area contributed by atoms with E-state index in [0.29, 0.717) is 0 Å². The van der Waals surface area contributed by atoms with Crippen molar-refractivity contribution >= 4 is 0 Å². The van der Waals surface area contributed by atoms with Crippen LogP contribution < -0.4 is 5.32 Å². The second kappa shape index (κ2) is 6.26. The molecule has 0 amide bonds. The third-order valence-electron chi connectivity index (χ3n) is 2.94. The van der Waals surface area contributed by atoms with Crippen molar-refractivity contribution in [3.8, 4) is 0 Å². The quantitative estimate of drug-likeness (QED) is 0.839. The van der Waals surface area contributed by atoms with Crippen LogP contribution in [-0.2, 0) is 13.0 Å². The number of rotatable bonds is 6. The van der Waals surface area contributed by atoms with Gasteiger partial charge in [0.25, 0.3) is 0 Å². The molecule has 2 rings (SSSR count). The van der Waals surface area contributed by atoms with Crippen molar-refractivity contribution in [2.45, 2.75) is 32.4 Å². The van der Waals surface area contributed by atoms with E-state index in [0.717, 1.165) is 30.9 Å². The van der Waals surface area contributed by atoms with Crippen LogP contribution in [0.2, 0.25) is 0 Å². The van der Waals surface area contributed by atoms with E-state index in [-0.39, 0.29) is 6.04 Å². The van der Waals surface area contributed by atoms with Gasteiger partial charge in [-0.2, -0.15) is 0 Å². The molecule has 96 valence electrons. The molecule has 1 unspecified atom stereocenters. The van der Waals surface area contributed by atoms with E-state index in [1.54, 1.807) is 18.6 Å². The molecule has 1 atom stereocenters. The van der Waals surface area contributed by atoms with Gasteiger partial charge in [0.2, 0.25) is 0 Å². The van der Waals surface area contributed by atoms with Gasteiger partial charge in [-0.05, 0) is 13.5 Å². The Labute approximate surface area is 107 Å². The molecule has 0 aliphatic heterocycles. The van der Waals surface area contributed by atoms with Crippen LogP contribution in [0, 0.1) is 0 Å². The zero-order valence-electron chi connectivity index (χ0n) is 10.9. The summed E-state index contributed by atoms with van der Waals surface area (Å²) in [5.41, 5.74) is 0.950. The summed E-state index contributed by atoms with van der Waals surface area (Å²) in [5.74, 6) is 1.09. The average molecular weight is 245 g/mol. The van der Waals surface area contributed by atoms with E-state index in [1.807, 2.05) is 19.4 Å². The number of imidazole rings is 1. The first-order chi connectivity index (χ1) is 8.85. The predicted octanol–water partition coefficient (Wildman–Crippen LogP) is 1.59. The van der Waals surface area contributed by atoms with Gasteiger partial charge in [0, 0.05) is 43.9 Å². The fourth-order valence-corrected chi connectivity index (χ4v) is 2.00. The number of aryl methyl sites for hydroxylation is 1. The molecule has 0 fully saturated rings. The van der Waals surface area contributed by atoms with Crippen molar-refractivity contribution in [3.05, 3.63) is 42.5 Å². The van der Waals surface area contributed by atoms with Crippen LogP contribution in [0.15, 0.2) is 31.0 Å². The summed E-state index contributed by atoms with van der Waals surface area (Å²) < 4.78 is 2.20. The van der Waals surface area contributed by atoms with Crippen molar-refractivity contribution in [2.75, 3.05) is 7.05 Å². The first-order valence-electron chi connectivity index (χ1n) is 6.28. The van der Waals surface area contributed by atoms with Crippen LogP contribution >= 0.6 is 0 Å². The molecule has 0 aromatic carbocycles. The minimum Gasteiger partial charge on any atom is -0.335 e. The SMILES string of the molecule is CCCn1ccnc1CC(NC)c1cnccn1. The maximum absolute atomic E-state index is 4.42. The Kier molecular flexibility index (Phi) is 4.41. The summed E-state index contributed by atoms with van der Waals surface area (Å²) in [5, 5.41) is 3.27. The Morgan fingerprint density at radius 2 is 2.17 bits per heavy atom. The molecule has 5 nitrogen and oxygen atoms in total. The molecule has 2 aromatic heterocycles. The van der Waals surface area contributed by atoms with Crippen molar-refractivity contribution in [3.63, 3.8) is 0 Å². The Bertz CT molecular complexity index is 465. The molecule has 2 aromatic rings. The highest BCUT2D eigenvalue weighted by Crippen LogP contribution is 2.14. The van der Waals surface area contributed by atoms with Crippen LogP contribution in [-0.4, -0.2) is 26.6 Å². The van der Waals surface area contributed by atoms with Crippen molar-refractivity contribution < 1.29 is 0 Å². The molecule has 18 heavy (non-hydrogen) atoms. The number of nitrogens with zero attached hydrogens (tertiary/aromatic N) is 4. The van der Waals surface area contributed by atoms with Gasteiger partial charge >= 0.3 is 0 Å². The van der Waals surface area contributed by atoms with E-state index in [2.05, 4.69) is 31.8 Å². The number of likely N-dealkylation sites (N-methyl/N-ethyl adjacent to an activating group) is 1. The standard InChI is InChI=1S/C13H19N5/c1-3-7-18-8-6-17-13(18)9-11(14-2)12-10-15-4-5-16-12/h4-6,8,10-11,14H,3,7,9H2,1-2H3. The summed E-state index contributed by atoms with van der Waals surface area (Å²) in [6, 6.07) is 0.150. The molecule has 0 saturated heterocycles. The Hall–Kier alpha value is -1.75. The fourth-order valence-electron chi connectivity index (χ4n) is 2.00. The van der Waals surface area contributed by atoms with E-state index < -0.39 is 0 Å². The summed E-state index contributed by atoms with van der Waals surface area (Å²) in [6.07, 6.45) is 11.0. The van der Waals surface area contributed by atoms with Gasteiger partial charge in [-0.15, -0.1) is 0 Å². The minimum absolute atomic E-state index is 0.150. The lowest BCUT2D eigenvalue weighted by Gasteiger charge is -2.15. The van der Waals surface area contributed by atoms with Crippen LogP contribution in [0.25, 0.3) is 0 Å². The second-order valence-electron chi connectivity index (χ2n) is 4.21. The summed E-state index contributed by atoms with van der Waals surface area (Å²) in [7, 11) is 1.94. The Balaban J connectivity index is 2.13. The molecule has 0 saturated carbocycles. The third kappa shape index (κ3) is 2.92. The van der Waals surface area contributed by atoms with Crippen molar-refractivity contribution in [1.82, 2.24) is 24.8 Å². The number of hydrogen-bond donors (Lipinski definition) is 1. The zero-order chi connectivity index (χ0) is 12.8. The monoisotopic (exact) mass is 245 g/mol. The molecule has 0 aliphatic rings. The normalized spacial score (nSPS) is 12.6. The lowest BCUT2D eigenvalue weighted by molar-refractivity contribution is 0.531. The van der Waals surface area contributed by atoms with E-state index in [4.69, 9.17) is 0 Å². The average Bonchev–Trinajstić information content (AvgIpc) is 2.85. The van der Waals surface area contributed by atoms with Gasteiger partial charge in [0.1, 0.15) is 5.82 Å². The minimum atomic E-state index is 0.150. The first-order valence-corrected chi connectivity index (χ1v) is 6.28. The first kappa shape index (κ1) is 12.7. The highest BCUT2D eigenvalue weighted by Gasteiger charge is 2.14. The van der Waals surface area contributed by atoms with Gasteiger partial charge in [-0.1, -0.05) is 6.92 Å². The van der Waals surface area contributed by atoms with Crippen molar-refractivity contribution in [1.29, 1.82) is 0 Å². The zero-order valence-corrected chi connectivity index (χ0v) is 10.9. The highest BCUT2D eigenvalue weighted by molar-refractivity contribution is 5.06. The molecule has 0 aliphatic carbocycles. The van der Waals surface area contributed by atoms with Gasteiger partial charge in [-0.25, -0.2) is 4.98 Å². The molecule has 0 bridgehead atoms. The van der Waals surface area contributed by atoms with Crippen molar-refractivity contribution in [2.24, 2.45) is 0 Å². The van der Waals surface area contributed by atoms with Crippen LogP contribution in [0.5, 0.6) is 0 Å². The smallest absolute Gasteiger partial charge is 0.110 e. The second-order valence-corrected chi connectivity index (χ2v) is 4.21. The molecular formula is C13H19N5. The molecule has 0 radical (unpaired) electrons. The lowest BCUT2D eigenvalue weighted by atomic mass is 10.1. The molecule has 0 spiro atoms. The molecule has 1 N–H and O–H groups in total. The highest BCUT2D eigenvalue weighted by atomic mass is 15.1. The lowest BCUT2D eigenvalue weighted by Crippen LogP contribution is -2.22. The van der Waals surface area contributed by atoms with Gasteiger partial charge < -0.3 is 9.88 Å². The maximum atomic E-state index is 4.42. The topological polar surface area (TPSA) is 55.6 Å². The van der Waals surface area contributed by atoms with Crippen LogP contribution in [0.3, 0.4) is 0 Å². The van der Waals surface area contributed by atoms with E-state index >= 15 is 0 Å². The number of nitrogens with one attached hydrogen (secondary N) is 1. The third-order valence-corrected chi connectivity index (χ3v) is 2.94. The van der Waals surface area contributed by atoms with E-state index in [1.165, 1.54) is 0 Å². The largest absolute Gasteiger partial charge is 0.335 e. The summed E-state index contributed by atoms with van der Waals surface area (Å²) in [6.45, 7) is 3.17. The number of aromatic nitrogens is 4. The van der Waals surface area contributed by atoms with Crippen LogP contribution in [0.4, 0.5) is 0 Å². The molecular weight excluding hydrogens is 226 g/mol. The molecule has 5 heteroatoms. The van der Waals surface area contributed by atoms with E-state index in [9.17, 15) is 0 Å². The maximum Gasteiger partial charge on any atom is 0.110 e. The Morgan fingerprint density at radius 3 is 2.83 bits per heavy atom. The van der Waals surface area contributed by atoms with Gasteiger partial charge in [0.15, 0.2) is 0 Å². The predicted molar refractivity (Wildman–Crippen MR) is 70.1 cm³/mol. The summed E-state index contributed by atoms with van der Waals surface area (Å²) in [4.78, 5) is 12.9.